The van der Waals surface area contributed by atoms with Crippen LogP contribution >= 0.6 is 11.6 Å². The van der Waals surface area contributed by atoms with Crippen molar-refractivity contribution in [3.63, 3.8) is 0 Å². The van der Waals surface area contributed by atoms with Gasteiger partial charge >= 0.3 is 0 Å². The van der Waals surface area contributed by atoms with Gasteiger partial charge in [-0.2, -0.15) is 9.50 Å². The fourth-order valence-electron chi connectivity index (χ4n) is 3.16. The minimum atomic E-state index is -0.464. The van der Waals surface area contributed by atoms with Gasteiger partial charge in [-0.1, -0.05) is 11.6 Å². The van der Waals surface area contributed by atoms with Crippen molar-refractivity contribution >= 4 is 29.0 Å². The zero-order valence-corrected chi connectivity index (χ0v) is 19.1. The molecule has 0 saturated heterocycles. The number of benzene rings is 2. The lowest BCUT2D eigenvalue weighted by Gasteiger charge is -2.13. The fourth-order valence-corrected chi connectivity index (χ4v) is 3.33. The van der Waals surface area contributed by atoms with E-state index in [1.165, 1.54) is 40.9 Å². The van der Waals surface area contributed by atoms with E-state index in [1.807, 2.05) is 13.8 Å². The number of hydrogen-bond donors (Lipinski definition) is 1. The molecule has 0 saturated carbocycles. The minimum Gasteiger partial charge on any atom is -0.485 e. The van der Waals surface area contributed by atoms with Crippen LogP contribution in [0.1, 0.15) is 25.6 Å². The van der Waals surface area contributed by atoms with Crippen LogP contribution in [0.2, 0.25) is 5.02 Å². The van der Waals surface area contributed by atoms with E-state index < -0.39 is 11.7 Å². The molecule has 11 heteroatoms. The monoisotopic (exact) mass is 485 g/mol. The van der Waals surface area contributed by atoms with Crippen LogP contribution in [-0.4, -0.2) is 31.7 Å². The summed E-state index contributed by atoms with van der Waals surface area (Å²) in [5.41, 5.74) is 0.422. The predicted octanol–water partition coefficient (Wildman–Crippen LogP) is 3.86. The Balaban J connectivity index is 1.45. The average molecular weight is 486 g/mol. The standard InChI is InChI=1S/C23H21ClFN5O4/c1-14(2)29-13-26-23-27-17(10-22(32)30(23)29)11-34-20-8-3-15(24)9-19(20)28-21(31)12-33-18-6-4-16(25)5-7-18/h3-10,13-14H,11-12H2,1-2H3,(H,28,31). The van der Waals surface area contributed by atoms with Gasteiger partial charge in [0.2, 0.25) is 0 Å². The summed E-state index contributed by atoms with van der Waals surface area (Å²) in [7, 11) is 0. The topological polar surface area (TPSA) is 99.8 Å². The number of nitrogens with zero attached hydrogens (tertiary/aromatic N) is 4. The molecule has 2 aromatic carbocycles. The second-order valence-corrected chi connectivity index (χ2v) is 8.07. The molecule has 9 nitrogen and oxygen atoms in total. The first kappa shape index (κ1) is 23.2. The van der Waals surface area contributed by atoms with E-state index in [0.717, 1.165) is 0 Å². The molecule has 0 aliphatic rings. The van der Waals surface area contributed by atoms with Gasteiger partial charge in [0.15, 0.2) is 6.61 Å². The van der Waals surface area contributed by atoms with Crippen molar-refractivity contribution in [3.8, 4) is 11.5 Å². The highest BCUT2D eigenvalue weighted by Crippen LogP contribution is 2.28. The highest BCUT2D eigenvalue weighted by atomic mass is 35.5. The quantitative estimate of drug-likeness (QED) is 0.407. The molecule has 2 aromatic heterocycles. The minimum absolute atomic E-state index is 0.0309. The molecule has 176 valence electrons. The second-order valence-electron chi connectivity index (χ2n) is 7.64. The smallest absolute Gasteiger partial charge is 0.274 e. The van der Waals surface area contributed by atoms with Gasteiger partial charge in [-0.15, -0.1) is 0 Å². The van der Waals surface area contributed by atoms with Crippen molar-refractivity contribution in [2.24, 2.45) is 0 Å². The van der Waals surface area contributed by atoms with Crippen LogP contribution in [0.15, 0.2) is 59.7 Å². The summed E-state index contributed by atoms with van der Waals surface area (Å²) >= 11 is 6.08. The van der Waals surface area contributed by atoms with E-state index in [1.54, 1.807) is 23.1 Å². The summed E-state index contributed by atoms with van der Waals surface area (Å²) in [4.78, 5) is 33.5. The largest absolute Gasteiger partial charge is 0.485 e. The van der Waals surface area contributed by atoms with Gasteiger partial charge < -0.3 is 14.8 Å². The Morgan fingerprint density at radius 1 is 1.15 bits per heavy atom. The zero-order valence-electron chi connectivity index (χ0n) is 18.4. The Hall–Kier alpha value is -3.92. The first-order valence-electron chi connectivity index (χ1n) is 10.4. The van der Waals surface area contributed by atoms with E-state index >= 15 is 0 Å². The van der Waals surface area contributed by atoms with Crippen molar-refractivity contribution in [2.45, 2.75) is 26.5 Å². The lowest BCUT2D eigenvalue weighted by Crippen LogP contribution is -2.23. The predicted molar refractivity (Wildman–Crippen MR) is 124 cm³/mol. The van der Waals surface area contributed by atoms with Gasteiger partial charge in [-0.3, -0.25) is 14.3 Å². The number of nitrogens with one attached hydrogen (secondary N) is 1. The van der Waals surface area contributed by atoms with Gasteiger partial charge in [0.25, 0.3) is 17.2 Å². The van der Waals surface area contributed by atoms with Crippen molar-refractivity contribution < 1.29 is 18.7 Å². The Kier molecular flexibility index (Phi) is 6.78. The molecule has 0 aliphatic heterocycles. The lowest BCUT2D eigenvalue weighted by atomic mass is 10.3. The molecule has 1 amide bonds. The van der Waals surface area contributed by atoms with Crippen molar-refractivity contribution in [2.75, 3.05) is 11.9 Å². The number of carbonyl (C=O) groups excluding carboxylic acids is 1. The molecule has 34 heavy (non-hydrogen) atoms. The van der Waals surface area contributed by atoms with Crippen LogP contribution in [0, 0.1) is 5.82 Å². The zero-order chi connectivity index (χ0) is 24.2. The lowest BCUT2D eigenvalue weighted by molar-refractivity contribution is -0.118. The van der Waals surface area contributed by atoms with Gasteiger partial charge in [-0.25, -0.2) is 9.37 Å². The highest BCUT2D eigenvalue weighted by molar-refractivity contribution is 6.31. The van der Waals surface area contributed by atoms with Crippen LogP contribution in [-0.2, 0) is 11.4 Å². The number of amides is 1. The molecule has 4 rings (SSSR count). The maximum atomic E-state index is 13.0. The third-order valence-electron chi connectivity index (χ3n) is 4.76. The second kappa shape index (κ2) is 9.92. The summed E-state index contributed by atoms with van der Waals surface area (Å²) in [6.07, 6.45) is 1.56. The number of halogens is 2. The van der Waals surface area contributed by atoms with Crippen molar-refractivity contribution in [1.29, 1.82) is 0 Å². The molecule has 0 aliphatic carbocycles. The van der Waals surface area contributed by atoms with Crippen LogP contribution in [0.5, 0.6) is 11.5 Å². The molecule has 1 N–H and O–H groups in total. The molecule has 0 spiro atoms. The first-order valence-corrected chi connectivity index (χ1v) is 10.7. The maximum Gasteiger partial charge on any atom is 0.274 e. The molecule has 4 aromatic rings. The van der Waals surface area contributed by atoms with E-state index in [0.29, 0.717) is 27.9 Å². The molecule has 0 radical (unpaired) electrons. The Morgan fingerprint density at radius 2 is 1.91 bits per heavy atom. The molecule has 2 heterocycles. The number of rotatable bonds is 8. The first-order chi connectivity index (χ1) is 16.3. The van der Waals surface area contributed by atoms with Gasteiger partial charge in [0, 0.05) is 17.1 Å². The molecule has 0 unspecified atom stereocenters. The number of carbonyl (C=O) groups is 1. The van der Waals surface area contributed by atoms with Crippen LogP contribution in [0.3, 0.4) is 0 Å². The van der Waals surface area contributed by atoms with E-state index in [4.69, 9.17) is 21.1 Å². The summed E-state index contributed by atoms with van der Waals surface area (Å²) in [5.74, 6) is 0.0824. The van der Waals surface area contributed by atoms with Crippen molar-refractivity contribution in [3.05, 3.63) is 81.7 Å². The van der Waals surface area contributed by atoms with E-state index in [2.05, 4.69) is 15.3 Å². The van der Waals surface area contributed by atoms with Crippen LogP contribution in [0.25, 0.3) is 5.78 Å². The highest BCUT2D eigenvalue weighted by Gasteiger charge is 2.13. The van der Waals surface area contributed by atoms with Gasteiger partial charge in [0.05, 0.1) is 11.4 Å². The molecular formula is C23H21ClFN5O4. The average Bonchev–Trinajstić information content (AvgIpc) is 3.23. The fraction of sp³-hybridized carbons (Fsp3) is 0.217. The Morgan fingerprint density at radius 3 is 2.65 bits per heavy atom. The molecule has 0 fully saturated rings. The van der Waals surface area contributed by atoms with Gasteiger partial charge in [-0.05, 0) is 56.3 Å². The summed E-state index contributed by atoms with van der Waals surface area (Å²) in [5, 5.41) is 3.06. The van der Waals surface area contributed by atoms with Crippen LogP contribution < -0.4 is 20.3 Å². The third-order valence-corrected chi connectivity index (χ3v) is 4.99. The maximum absolute atomic E-state index is 13.0. The number of hydrogen-bond acceptors (Lipinski definition) is 6. The summed E-state index contributed by atoms with van der Waals surface area (Å²) < 4.78 is 27.2. The molecule has 0 atom stereocenters. The molecule has 0 bridgehead atoms. The molecular weight excluding hydrogens is 465 g/mol. The summed E-state index contributed by atoms with van der Waals surface area (Å²) in [6.45, 7) is 3.54. The number of fused-ring (bicyclic) bond motifs is 1. The number of ether oxygens (including phenoxy) is 2. The van der Waals surface area contributed by atoms with E-state index in [-0.39, 0.29) is 30.6 Å². The number of aromatic nitrogens is 4. The van der Waals surface area contributed by atoms with Crippen molar-refractivity contribution in [1.82, 2.24) is 19.2 Å². The Labute approximate surface area is 198 Å². The van der Waals surface area contributed by atoms with Crippen LogP contribution in [0.4, 0.5) is 10.1 Å². The Bertz CT molecular complexity index is 1380. The van der Waals surface area contributed by atoms with E-state index in [9.17, 15) is 14.0 Å². The summed E-state index contributed by atoms with van der Waals surface area (Å²) in [6, 6.07) is 11.5. The normalized spacial score (nSPS) is 11.1. The van der Waals surface area contributed by atoms with Gasteiger partial charge in [0.1, 0.15) is 30.3 Å². The third kappa shape index (κ3) is 5.34. The SMILES string of the molecule is CC(C)n1cnc2nc(COc3ccc(Cl)cc3NC(=O)COc3ccc(F)cc3)cc(=O)n21. The number of anilines is 1.